The van der Waals surface area contributed by atoms with Crippen molar-refractivity contribution >= 4 is 40.7 Å². The summed E-state index contributed by atoms with van der Waals surface area (Å²) in [6, 6.07) is 10.0. The number of rotatable bonds is 6. The van der Waals surface area contributed by atoms with Crippen LogP contribution in [-0.4, -0.2) is 52.4 Å². The van der Waals surface area contributed by atoms with Crippen molar-refractivity contribution in [2.24, 2.45) is 5.92 Å². The minimum absolute atomic E-state index is 0.0220. The Morgan fingerprint density at radius 3 is 2.40 bits per heavy atom. The second-order valence-corrected chi connectivity index (χ2v) is 10.7. The molecule has 40 heavy (non-hydrogen) atoms. The Bertz CT molecular complexity index is 1380. The SMILES string of the molecule is CCc1cc(N2C(=S)N(c3ccc(C#N)c(C(F)(F)F)c3)C(=O)C2(C)C)ccc1OCC1CCN(C(=O)O)CC1. The molecule has 2 heterocycles. The van der Waals surface area contributed by atoms with E-state index in [0.717, 1.165) is 22.6 Å². The number of hydrogen-bond donors (Lipinski definition) is 1. The Morgan fingerprint density at radius 1 is 1.18 bits per heavy atom. The van der Waals surface area contributed by atoms with Crippen molar-refractivity contribution in [2.75, 3.05) is 29.5 Å². The number of ether oxygens (including phenoxy) is 1. The lowest BCUT2D eigenvalue weighted by Gasteiger charge is -2.31. The molecular weight excluding hydrogens is 545 g/mol. The standard InChI is InChI=1S/C28H29F3N4O4S/c1-4-18-13-21(7-8-23(18)39-16-17-9-11-33(12-10-17)26(37)38)35-25(40)34(24(36)27(35,2)3)20-6-5-19(15-32)22(14-20)28(29,30)31/h5-8,13-14,17H,4,9-12,16H2,1-3H3,(H,37,38). The summed E-state index contributed by atoms with van der Waals surface area (Å²) in [4.78, 5) is 28.7. The number of carboxylic acid groups (broad SMARTS) is 1. The molecule has 0 radical (unpaired) electrons. The number of aryl methyl sites for hydroxylation is 1. The number of likely N-dealkylation sites (tertiary alicyclic amines) is 1. The zero-order valence-electron chi connectivity index (χ0n) is 22.3. The lowest BCUT2D eigenvalue weighted by molar-refractivity contribution is -0.137. The summed E-state index contributed by atoms with van der Waals surface area (Å²) in [5.74, 6) is 0.395. The van der Waals surface area contributed by atoms with Crippen LogP contribution in [0.3, 0.4) is 0 Å². The molecule has 2 saturated heterocycles. The minimum atomic E-state index is -4.78. The highest BCUT2D eigenvalue weighted by Crippen LogP contribution is 2.40. The largest absolute Gasteiger partial charge is 0.493 e. The van der Waals surface area contributed by atoms with Crippen LogP contribution >= 0.6 is 12.2 Å². The lowest BCUT2D eigenvalue weighted by atomic mass is 9.98. The smallest absolute Gasteiger partial charge is 0.417 e. The van der Waals surface area contributed by atoms with Gasteiger partial charge in [0.25, 0.3) is 5.91 Å². The molecular formula is C28H29F3N4O4S. The van der Waals surface area contributed by atoms with E-state index in [-0.39, 0.29) is 16.7 Å². The van der Waals surface area contributed by atoms with Crippen molar-refractivity contribution in [3.8, 4) is 11.8 Å². The van der Waals surface area contributed by atoms with Crippen LogP contribution in [-0.2, 0) is 17.4 Å². The van der Waals surface area contributed by atoms with Crippen molar-refractivity contribution in [2.45, 2.75) is 51.7 Å². The molecule has 0 aliphatic carbocycles. The molecule has 2 aromatic rings. The number of nitrogens with zero attached hydrogens (tertiary/aromatic N) is 4. The van der Waals surface area contributed by atoms with E-state index in [0.29, 0.717) is 50.4 Å². The number of nitriles is 1. The molecule has 0 atom stereocenters. The number of amides is 2. The van der Waals surface area contributed by atoms with Gasteiger partial charge < -0.3 is 19.6 Å². The van der Waals surface area contributed by atoms with Gasteiger partial charge in [0.15, 0.2) is 5.11 Å². The number of halogens is 3. The predicted octanol–water partition coefficient (Wildman–Crippen LogP) is 5.82. The first kappa shape index (κ1) is 29.1. The number of thiocarbonyl (C=S) groups is 1. The van der Waals surface area contributed by atoms with Gasteiger partial charge in [-0.1, -0.05) is 6.92 Å². The molecule has 1 N–H and O–H groups in total. The first-order valence-electron chi connectivity index (χ1n) is 12.8. The first-order chi connectivity index (χ1) is 18.8. The quantitative estimate of drug-likeness (QED) is 0.434. The van der Waals surface area contributed by atoms with Crippen LogP contribution in [0.15, 0.2) is 36.4 Å². The summed E-state index contributed by atoms with van der Waals surface area (Å²) < 4.78 is 46.9. The number of carbonyl (C=O) groups is 2. The molecule has 0 aromatic heterocycles. The van der Waals surface area contributed by atoms with Gasteiger partial charge in [-0.05, 0) is 93.2 Å². The Morgan fingerprint density at radius 2 is 1.82 bits per heavy atom. The Hall–Kier alpha value is -3.85. The van der Waals surface area contributed by atoms with Gasteiger partial charge in [0.1, 0.15) is 11.3 Å². The third kappa shape index (κ3) is 5.43. The summed E-state index contributed by atoms with van der Waals surface area (Å²) in [6.45, 7) is 6.64. The van der Waals surface area contributed by atoms with E-state index in [1.54, 1.807) is 36.9 Å². The number of carbonyl (C=O) groups excluding carboxylic acids is 1. The molecule has 2 aliphatic heterocycles. The highest BCUT2D eigenvalue weighted by Gasteiger charge is 2.50. The molecule has 0 unspecified atom stereocenters. The molecule has 0 saturated carbocycles. The molecule has 212 valence electrons. The number of piperidine rings is 1. The first-order valence-corrected chi connectivity index (χ1v) is 13.2. The summed E-state index contributed by atoms with van der Waals surface area (Å²) in [5.41, 5.74) is -1.49. The molecule has 0 bridgehead atoms. The van der Waals surface area contributed by atoms with E-state index in [1.165, 1.54) is 11.0 Å². The Balaban J connectivity index is 1.58. The maximum absolute atomic E-state index is 13.6. The number of anilines is 2. The van der Waals surface area contributed by atoms with Crippen molar-refractivity contribution < 1.29 is 32.6 Å². The van der Waals surface area contributed by atoms with Gasteiger partial charge in [0.05, 0.1) is 29.5 Å². The number of alkyl halides is 3. The van der Waals surface area contributed by atoms with Crippen LogP contribution in [0.1, 0.15) is 50.3 Å². The molecule has 2 amide bonds. The van der Waals surface area contributed by atoms with Gasteiger partial charge in [-0.15, -0.1) is 0 Å². The third-order valence-corrected chi connectivity index (χ3v) is 7.76. The normalized spacial score (nSPS) is 17.8. The maximum Gasteiger partial charge on any atom is 0.417 e. The summed E-state index contributed by atoms with van der Waals surface area (Å²) in [5, 5.41) is 18.3. The van der Waals surface area contributed by atoms with E-state index in [4.69, 9.17) is 27.3 Å². The van der Waals surface area contributed by atoms with Crippen molar-refractivity contribution in [3.05, 3.63) is 53.1 Å². The van der Waals surface area contributed by atoms with E-state index < -0.39 is 34.8 Å². The van der Waals surface area contributed by atoms with Gasteiger partial charge in [0, 0.05) is 18.8 Å². The van der Waals surface area contributed by atoms with E-state index in [2.05, 4.69) is 0 Å². The molecule has 12 heteroatoms. The van der Waals surface area contributed by atoms with Gasteiger partial charge in [0.2, 0.25) is 0 Å². The van der Waals surface area contributed by atoms with Crippen LogP contribution in [0, 0.1) is 17.2 Å². The van der Waals surface area contributed by atoms with Crippen LogP contribution in [0.25, 0.3) is 0 Å². The average molecular weight is 575 g/mol. The van der Waals surface area contributed by atoms with Crippen molar-refractivity contribution in [3.63, 3.8) is 0 Å². The van der Waals surface area contributed by atoms with Gasteiger partial charge in [-0.2, -0.15) is 18.4 Å². The third-order valence-electron chi connectivity index (χ3n) is 7.40. The fraction of sp³-hybridized carbons (Fsp3) is 0.429. The number of benzene rings is 2. The van der Waals surface area contributed by atoms with Crippen LogP contribution in [0.4, 0.5) is 29.3 Å². The topological polar surface area (TPSA) is 97.1 Å². The maximum atomic E-state index is 13.6. The Kier molecular flexibility index (Phi) is 7.99. The highest BCUT2D eigenvalue weighted by molar-refractivity contribution is 7.81. The number of hydrogen-bond acceptors (Lipinski definition) is 5. The van der Waals surface area contributed by atoms with E-state index in [1.807, 2.05) is 13.0 Å². The van der Waals surface area contributed by atoms with Crippen LogP contribution < -0.4 is 14.5 Å². The summed E-state index contributed by atoms with van der Waals surface area (Å²) in [6.07, 6.45) is -3.65. The molecule has 2 aromatic carbocycles. The van der Waals surface area contributed by atoms with Gasteiger partial charge in [-0.3, -0.25) is 9.69 Å². The molecule has 2 aliphatic rings. The fourth-order valence-electron chi connectivity index (χ4n) is 5.08. The minimum Gasteiger partial charge on any atom is -0.493 e. The lowest BCUT2D eigenvalue weighted by Crippen LogP contribution is -2.44. The molecule has 2 fully saturated rings. The zero-order chi connectivity index (χ0) is 29.4. The van der Waals surface area contributed by atoms with Gasteiger partial charge in [-0.25, -0.2) is 4.79 Å². The molecule has 8 nitrogen and oxygen atoms in total. The van der Waals surface area contributed by atoms with E-state index in [9.17, 15) is 22.8 Å². The summed E-state index contributed by atoms with van der Waals surface area (Å²) in [7, 11) is 0. The highest BCUT2D eigenvalue weighted by atomic mass is 32.1. The van der Waals surface area contributed by atoms with Crippen molar-refractivity contribution in [1.29, 1.82) is 5.26 Å². The van der Waals surface area contributed by atoms with Gasteiger partial charge >= 0.3 is 12.3 Å². The molecule has 0 spiro atoms. The monoisotopic (exact) mass is 574 g/mol. The van der Waals surface area contributed by atoms with Crippen LogP contribution in [0.2, 0.25) is 0 Å². The fourth-order valence-corrected chi connectivity index (χ4v) is 5.60. The van der Waals surface area contributed by atoms with Crippen molar-refractivity contribution in [1.82, 2.24) is 4.90 Å². The predicted molar refractivity (Wildman–Crippen MR) is 146 cm³/mol. The van der Waals surface area contributed by atoms with Crippen LogP contribution in [0.5, 0.6) is 5.75 Å². The second kappa shape index (κ2) is 11.0. The zero-order valence-corrected chi connectivity index (χ0v) is 23.1. The Labute approximate surface area is 235 Å². The summed E-state index contributed by atoms with van der Waals surface area (Å²) >= 11 is 5.63. The average Bonchev–Trinajstić information content (AvgIpc) is 3.09. The second-order valence-electron chi connectivity index (χ2n) is 10.3. The van der Waals surface area contributed by atoms with E-state index >= 15 is 0 Å². The molecule has 4 rings (SSSR count).